The third-order valence-electron chi connectivity index (χ3n) is 6.15. The zero-order chi connectivity index (χ0) is 23.6. The minimum absolute atomic E-state index is 0.0455. The molecule has 1 saturated heterocycles. The minimum atomic E-state index is -0.592. The van der Waals surface area contributed by atoms with Crippen LogP contribution in [0.5, 0.6) is 11.5 Å². The topological polar surface area (TPSA) is 77.0 Å². The molecule has 6 nitrogen and oxygen atoms in total. The van der Waals surface area contributed by atoms with Gasteiger partial charge in [0.05, 0.1) is 16.9 Å². The maximum absolute atomic E-state index is 12.5. The van der Waals surface area contributed by atoms with Gasteiger partial charge in [0.1, 0.15) is 11.5 Å². The summed E-state index contributed by atoms with van der Waals surface area (Å²) < 4.78 is 17.7. The van der Waals surface area contributed by atoms with Gasteiger partial charge in [-0.05, 0) is 68.6 Å². The van der Waals surface area contributed by atoms with Crippen LogP contribution in [0.1, 0.15) is 27.7 Å². The van der Waals surface area contributed by atoms with Crippen LogP contribution >= 0.6 is 0 Å². The van der Waals surface area contributed by atoms with E-state index < -0.39 is 18.3 Å². The number of ether oxygens (including phenoxy) is 1. The zero-order valence-corrected chi connectivity index (χ0v) is 19.3. The van der Waals surface area contributed by atoms with E-state index in [0.29, 0.717) is 11.2 Å². The first kappa shape index (κ1) is 22.9. The molecule has 1 aliphatic rings. The first-order chi connectivity index (χ1) is 15.6. The molecule has 1 heterocycles. The predicted molar refractivity (Wildman–Crippen MR) is 130 cm³/mol. The second-order valence-electron chi connectivity index (χ2n) is 9.09. The lowest BCUT2D eigenvalue weighted by atomic mass is 9.79. The molecule has 0 spiro atoms. The molecular weight excluding hydrogens is 417 g/mol. The van der Waals surface area contributed by atoms with Crippen LogP contribution in [0.2, 0.25) is 0 Å². The van der Waals surface area contributed by atoms with E-state index in [2.05, 4.69) is 5.32 Å². The molecule has 0 aromatic heterocycles. The van der Waals surface area contributed by atoms with Crippen LogP contribution in [-0.4, -0.2) is 35.9 Å². The lowest BCUT2D eigenvalue weighted by Crippen LogP contribution is -2.41. The van der Waals surface area contributed by atoms with Crippen LogP contribution in [0.15, 0.2) is 72.8 Å². The van der Waals surface area contributed by atoms with Crippen LogP contribution < -0.4 is 15.5 Å². The van der Waals surface area contributed by atoms with E-state index in [9.17, 15) is 9.90 Å². The third kappa shape index (κ3) is 5.05. The highest BCUT2D eigenvalue weighted by atomic mass is 16.7. The highest BCUT2D eigenvalue weighted by molar-refractivity contribution is 6.62. The van der Waals surface area contributed by atoms with Gasteiger partial charge in [-0.2, -0.15) is 0 Å². The summed E-state index contributed by atoms with van der Waals surface area (Å²) in [6, 6.07) is 22.5. The highest BCUT2D eigenvalue weighted by Crippen LogP contribution is 2.37. The van der Waals surface area contributed by atoms with Crippen LogP contribution in [0, 0.1) is 0 Å². The van der Waals surface area contributed by atoms with Crippen molar-refractivity contribution in [1.82, 2.24) is 0 Å². The van der Waals surface area contributed by atoms with Crippen LogP contribution in [0.4, 0.5) is 5.69 Å². The van der Waals surface area contributed by atoms with Crippen molar-refractivity contribution < 1.29 is 23.9 Å². The van der Waals surface area contributed by atoms with Crippen molar-refractivity contribution in [1.29, 1.82) is 0 Å². The Bertz CT molecular complexity index is 1110. The van der Waals surface area contributed by atoms with E-state index in [0.717, 1.165) is 11.1 Å². The smallest absolute Gasteiger partial charge is 0.494 e. The van der Waals surface area contributed by atoms with Crippen molar-refractivity contribution in [2.24, 2.45) is 0 Å². The maximum atomic E-state index is 12.5. The summed E-state index contributed by atoms with van der Waals surface area (Å²) in [4.78, 5) is 12.5. The normalized spacial score (nSPS) is 16.4. The number of nitrogens with one attached hydrogen (secondary N) is 1. The molecule has 0 saturated carbocycles. The van der Waals surface area contributed by atoms with Crippen LogP contribution in [0.3, 0.4) is 0 Å². The summed E-state index contributed by atoms with van der Waals surface area (Å²) >= 11 is 0. The summed E-state index contributed by atoms with van der Waals surface area (Å²) in [6.07, 6.45) is 0. The van der Waals surface area contributed by atoms with Gasteiger partial charge in [-0.25, -0.2) is 0 Å². The standard InChI is InChI=1S/C26H28BNO5/c1-25(2)26(3,4)33-27(32-25)20-12-15-23(29)22(16-20)28-24(30)17-31-21-13-10-19(11-14-21)18-8-6-5-7-9-18/h5-16,29H,17H2,1-4H3,(H,28,30). The molecule has 3 aromatic carbocycles. The van der Waals surface area contributed by atoms with Gasteiger partial charge in [0.25, 0.3) is 5.91 Å². The summed E-state index contributed by atoms with van der Waals surface area (Å²) in [7, 11) is -0.592. The Morgan fingerprint density at radius 1 is 0.909 bits per heavy atom. The predicted octanol–water partition coefficient (Wildman–Crippen LogP) is 4.38. The van der Waals surface area contributed by atoms with Crippen LogP contribution in [0.25, 0.3) is 11.1 Å². The number of aromatic hydroxyl groups is 1. The molecule has 0 radical (unpaired) electrons. The van der Waals surface area contributed by atoms with Gasteiger partial charge in [-0.1, -0.05) is 48.5 Å². The molecule has 1 aliphatic heterocycles. The Morgan fingerprint density at radius 3 is 2.15 bits per heavy atom. The average molecular weight is 445 g/mol. The fourth-order valence-electron chi connectivity index (χ4n) is 3.49. The largest absolute Gasteiger partial charge is 0.506 e. The van der Waals surface area contributed by atoms with Gasteiger partial charge in [-0.15, -0.1) is 0 Å². The second-order valence-corrected chi connectivity index (χ2v) is 9.09. The van der Waals surface area contributed by atoms with Gasteiger partial charge in [0, 0.05) is 0 Å². The number of carbonyl (C=O) groups excluding carboxylic acids is 1. The van der Waals surface area contributed by atoms with Gasteiger partial charge in [-0.3, -0.25) is 4.79 Å². The first-order valence-electron chi connectivity index (χ1n) is 10.9. The van der Waals surface area contributed by atoms with Crippen molar-refractivity contribution in [3.8, 4) is 22.6 Å². The minimum Gasteiger partial charge on any atom is -0.506 e. The fourth-order valence-corrected chi connectivity index (χ4v) is 3.49. The van der Waals surface area contributed by atoms with E-state index in [-0.39, 0.29) is 24.0 Å². The molecule has 0 atom stereocenters. The summed E-state index contributed by atoms with van der Waals surface area (Å²) in [5, 5.41) is 12.9. The second kappa shape index (κ2) is 8.92. The molecule has 1 amide bonds. The number of phenols is 1. The molecule has 0 unspecified atom stereocenters. The average Bonchev–Trinajstić information content (AvgIpc) is 3.01. The molecule has 0 bridgehead atoms. The van der Waals surface area contributed by atoms with Crippen molar-refractivity contribution in [2.75, 3.05) is 11.9 Å². The number of phenolic OH excluding ortho intramolecular Hbond substituents is 1. The van der Waals surface area contributed by atoms with Gasteiger partial charge in [0.15, 0.2) is 6.61 Å². The molecule has 3 aromatic rings. The number of amides is 1. The monoisotopic (exact) mass is 445 g/mol. The van der Waals surface area contributed by atoms with Gasteiger partial charge < -0.3 is 24.5 Å². The summed E-state index contributed by atoms with van der Waals surface area (Å²) in [5.74, 6) is 0.152. The third-order valence-corrected chi connectivity index (χ3v) is 6.15. The number of hydrogen-bond donors (Lipinski definition) is 2. The van der Waals surface area contributed by atoms with Crippen molar-refractivity contribution in [2.45, 2.75) is 38.9 Å². The van der Waals surface area contributed by atoms with E-state index in [1.807, 2.05) is 82.3 Å². The molecule has 170 valence electrons. The van der Waals surface area contributed by atoms with Crippen molar-refractivity contribution >= 4 is 24.2 Å². The quantitative estimate of drug-likeness (QED) is 0.435. The Labute approximate surface area is 194 Å². The van der Waals surface area contributed by atoms with Gasteiger partial charge in [0.2, 0.25) is 0 Å². The molecule has 7 heteroatoms. The van der Waals surface area contributed by atoms with Crippen LogP contribution in [-0.2, 0) is 14.1 Å². The van der Waals surface area contributed by atoms with Crippen molar-refractivity contribution in [3.63, 3.8) is 0 Å². The SMILES string of the molecule is CC1(C)OB(c2ccc(O)c(NC(=O)COc3ccc(-c4ccccc4)cc3)c2)OC1(C)C. The van der Waals surface area contributed by atoms with Crippen molar-refractivity contribution in [3.05, 3.63) is 72.8 Å². The number of benzene rings is 3. The maximum Gasteiger partial charge on any atom is 0.494 e. The van der Waals surface area contributed by atoms with E-state index in [1.165, 1.54) is 6.07 Å². The van der Waals surface area contributed by atoms with E-state index >= 15 is 0 Å². The Balaban J connectivity index is 1.37. The Hall–Kier alpha value is -3.29. The first-order valence-corrected chi connectivity index (χ1v) is 10.9. The highest BCUT2D eigenvalue weighted by Gasteiger charge is 2.51. The number of rotatable bonds is 6. The molecule has 4 rings (SSSR count). The summed E-state index contributed by atoms with van der Waals surface area (Å²) in [6.45, 7) is 7.70. The molecule has 0 aliphatic carbocycles. The van der Waals surface area contributed by atoms with Gasteiger partial charge >= 0.3 is 7.12 Å². The number of hydrogen-bond acceptors (Lipinski definition) is 5. The number of carbonyl (C=O) groups is 1. The van der Waals surface area contributed by atoms with E-state index in [4.69, 9.17) is 14.0 Å². The Kier molecular flexibility index (Phi) is 6.19. The number of anilines is 1. The summed E-state index contributed by atoms with van der Waals surface area (Å²) in [5.41, 5.74) is 2.19. The molecule has 1 fully saturated rings. The molecule has 33 heavy (non-hydrogen) atoms. The molecular formula is C26H28BNO5. The zero-order valence-electron chi connectivity index (χ0n) is 19.3. The lowest BCUT2D eigenvalue weighted by molar-refractivity contribution is -0.118. The molecule has 2 N–H and O–H groups in total. The van der Waals surface area contributed by atoms with E-state index in [1.54, 1.807) is 12.1 Å². The Morgan fingerprint density at radius 2 is 1.52 bits per heavy atom. The lowest BCUT2D eigenvalue weighted by Gasteiger charge is -2.32. The fraction of sp³-hybridized carbons (Fsp3) is 0.269.